The van der Waals surface area contributed by atoms with Gasteiger partial charge in [0.2, 0.25) is 0 Å². The monoisotopic (exact) mass is 144 g/mol. The van der Waals surface area contributed by atoms with Crippen LogP contribution in [0.25, 0.3) is 0 Å². The molecule has 0 fully saturated rings. The molecule has 1 unspecified atom stereocenters. The molecule has 10 heavy (non-hydrogen) atoms. The summed E-state index contributed by atoms with van der Waals surface area (Å²) >= 11 is 0. The summed E-state index contributed by atoms with van der Waals surface area (Å²) in [4.78, 5) is 0. The van der Waals surface area contributed by atoms with Crippen LogP contribution in [0.2, 0.25) is 0 Å². The van der Waals surface area contributed by atoms with E-state index >= 15 is 0 Å². The van der Waals surface area contributed by atoms with Crippen molar-refractivity contribution >= 4 is 0 Å². The lowest BCUT2D eigenvalue weighted by Crippen LogP contribution is -2.21. The third-order valence-electron chi connectivity index (χ3n) is 1.47. The zero-order valence-corrected chi connectivity index (χ0v) is 6.96. The molecule has 0 saturated heterocycles. The summed E-state index contributed by atoms with van der Waals surface area (Å²) in [5.41, 5.74) is 0. The van der Waals surface area contributed by atoms with Gasteiger partial charge >= 0.3 is 0 Å². The van der Waals surface area contributed by atoms with E-state index in [4.69, 9.17) is 9.47 Å². The van der Waals surface area contributed by atoms with E-state index < -0.39 is 0 Å². The number of hydrogen-bond donors (Lipinski definition) is 0. The SMILES string of the molecule is C=CCC(C)C(OC)OC. The smallest absolute Gasteiger partial charge is 0.159 e. The number of allylic oxidation sites excluding steroid dienone is 1. The highest BCUT2D eigenvalue weighted by Crippen LogP contribution is 2.11. The van der Waals surface area contributed by atoms with E-state index in [1.165, 1.54) is 0 Å². The van der Waals surface area contributed by atoms with Crippen molar-refractivity contribution in [2.24, 2.45) is 5.92 Å². The minimum atomic E-state index is -0.0991. The van der Waals surface area contributed by atoms with Gasteiger partial charge in [-0.05, 0) is 6.42 Å². The van der Waals surface area contributed by atoms with Crippen molar-refractivity contribution in [2.45, 2.75) is 19.6 Å². The van der Waals surface area contributed by atoms with Crippen LogP contribution in [0.5, 0.6) is 0 Å². The highest BCUT2D eigenvalue weighted by atomic mass is 16.7. The van der Waals surface area contributed by atoms with Gasteiger partial charge in [-0.1, -0.05) is 13.0 Å². The quantitative estimate of drug-likeness (QED) is 0.433. The number of rotatable bonds is 5. The zero-order chi connectivity index (χ0) is 7.98. The van der Waals surface area contributed by atoms with Gasteiger partial charge in [-0.2, -0.15) is 0 Å². The highest BCUT2D eigenvalue weighted by molar-refractivity contribution is 4.72. The van der Waals surface area contributed by atoms with Crippen molar-refractivity contribution in [2.75, 3.05) is 14.2 Å². The Morgan fingerprint density at radius 1 is 1.40 bits per heavy atom. The van der Waals surface area contributed by atoms with E-state index in [9.17, 15) is 0 Å². The van der Waals surface area contributed by atoms with E-state index in [0.29, 0.717) is 5.92 Å². The molecule has 60 valence electrons. The van der Waals surface area contributed by atoms with E-state index in [1.54, 1.807) is 14.2 Å². The Morgan fingerprint density at radius 2 is 1.90 bits per heavy atom. The summed E-state index contributed by atoms with van der Waals surface area (Å²) in [6.45, 7) is 5.71. The Bertz CT molecular complexity index is 87.3. The number of ether oxygens (including phenoxy) is 2. The standard InChI is InChI=1S/C8H16O2/c1-5-6-7(2)8(9-3)10-4/h5,7-8H,1,6H2,2-4H3. The lowest BCUT2D eigenvalue weighted by atomic mass is 10.1. The van der Waals surface area contributed by atoms with Crippen molar-refractivity contribution in [1.29, 1.82) is 0 Å². The summed E-state index contributed by atoms with van der Waals surface area (Å²) in [7, 11) is 3.29. The lowest BCUT2D eigenvalue weighted by Gasteiger charge is -2.19. The molecule has 0 amide bonds. The third-order valence-corrected chi connectivity index (χ3v) is 1.47. The number of hydrogen-bond acceptors (Lipinski definition) is 2. The van der Waals surface area contributed by atoms with Crippen LogP contribution in [0, 0.1) is 5.92 Å². The Hall–Kier alpha value is -0.340. The van der Waals surface area contributed by atoms with Crippen molar-refractivity contribution < 1.29 is 9.47 Å². The summed E-state index contributed by atoms with van der Waals surface area (Å²) in [5.74, 6) is 0.382. The van der Waals surface area contributed by atoms with Gasteiger partial charge in [-0.25, -0.2) is 0 Å². The molecule has 2 heteroatoms. The molecule has 0 aromatic carbocycles. The Balaban J connectivity index is 3.63. The zero-order valence-electron chi connectivity index (χ0n) is 6.96. The fraction of sp³-hybridized carbons (Fsp3) is 0.750. The van der Waals surface area contributed by atoms with Crippen LogP contribution < -0.4 is 0 Å². The molecule has 0 aromatic heterocycles. The van der Waals surface area contributed by atoms with Crippen molar-refractivity contribution in [3.63, 3.8) is 0 Å². The molecular weight excluding hydrogens is 128 g/mol. The van der Waals surface area contributed by atoms with Crippen LogP contribution in [0.15, 0.2) is 12.7 Å². The van der Waals surface area contributed by atoms with Gasteiger partial charge in [0.1, 0.15) is 0 Å². The first-order valence-electron chi connectivity index (χ1n) is 3.42. The van der Waals surface area contributed by atoms with Crippen LogP contribution in [0.1, 0.15) is 13.3 Å². The highest BCUT2D eigenvalue weighted by Gasteiger charge is 2.12. The topological polar surface area (TPSA) is 18.5 Å². The fourth-order valence-electron chi connectivity index (χ4n) is 0.935. The van der Waals surface area contributed by atoms with E-state index in [2.05, 4.69) is 13.5 Å². The van der Waals surface area contributed by atoms with Crippen molar-refractivity contribution in [3.8, 4) is 0 Å². The van der Waals surface area contributed by atoms with Gasteiger partial charge in [0, 0.05) is 20.1 Å². The van der Waals surface area contributed by atoms with Gasteiger partial charge < -0.3 is 9.47 Å². The molecule has 0 spiro atoms. The maximum atomic E-state index is 5.04. The second-order valence-corrected chi connectivity index (χ2v) is 2.34. The average molecular weight is 144 g/mol. The van der Waals surface area contributed by atoms with Gasteiger partial charge in [-0.3, -0.25) is 0 Å². The molecule has 0 bridgehead atoms. The summed E-state index contributed by atoms with van der Waals surface area (Å²) in [5, 5.41) is 0. The fourth-order valence-corrected chi connectivity index (χ4v) is 0.935. The lowest BCUT2D eigenvalue weighted by molar-refractivity contribution is -0.132. The molecule has 0 aliphatic heterocycles. The summed E-state index contributed by atoms with van der Waals surface area (Å²) in [6, 6.07) is 0. The second kappa shape index (κ2) is 5.45. The molecule has 2 nitrogen and oxygen atoms in total. The minimum absolute atomic E-state index is 0.0991. The minimum Gasteiger partial charge on any atom is -0.356 e. The van der Waals surface area contributed by atoms with Crippen LogP contribution in [0.3, 0.4) is 0 Å². The predicted molar refractivity (Wildman–Crippen MR) is 41.8 cm³/mol. The van der Waals surface area contributed by atoms with E-state index in [1.807, 2.05) is 6.08 Å². The molecule has 0 aromatic rings. The van der Waals surface area contributed by atoms with Crippen molar-refractivity contribution in [1.82, 2.24) is 0 Å². The van der Waals surface area contributed by atoms with Gasteiger partial charge in [-0.15, -0.1) is 6.58 Å². The van der Waals surface area contributed by atoms with E-state index in [-0.39, 0.29) is 6.29 Å². The third kappa shape index (κ3) is 2.99. The first-order valence-corrected chi connectivity index (χ1v) is 3.42. The molecular formula is C8H16O2. The van der Waals surface area contributed by atoms with Crippen molar-refractivity contribution in [3.05, 3.63) is 12.7 Å². The second-order valence-electron chi connectivity index (χ2n) is 2.34. The summed E-state index contributed by atoms with van der Waals surface area (Å²) in [6.07, 6.45) is 2.69. The predicted octanol–water partition coefficient (Wildman–Crippen LogP) is 1.82. The van der Waals surface area contributed by atoms with Crippen LogP contribution >= 0.6 is 0 Å². The molecule has 0 aliphatic carbocycles. The molecule has 0 N–H and O–H groups in total. The maximum absolute atomic E-state index is 5.04. The van der Waals surface area contributed by atoms with Gasteiger partial charge in [0.15, 0.2) is 6.29 Å². The van der Waals surface area contributed by atoms with Crippen LogP contribution in [0.4, 0.5) is 0 Å². The first-order chi connectivity index (χ1) is 4.76. The van der Waals surface area contributed by atoms with Crippen LogP contribution in [-0.2, 0) is 9.47 Å². The Kier molecular flexibility index (Phi) is 5.26. The molecule has 0 rings (SSSR count). The van der Waals surface area contributed by atoms with Gasteiger partial charge in [0.05, 0.1) is 0 Å². The normalized spacial score (nSPS) is 13.6. The Morgan fingerprint density at radius 3 is 2.20 bits per heavy atom. The largest absolute Gasteiger partial charge is 0.356 e. The maximum Gasteiger partial charge on any atom is 0.159 e. The molecule has 0 saturated carbocycles. The molecule has 0 radical (unpaired) electrons. The van der Waals surface area contributed by atoms with E-state index in [0.717, 1.165) is 6.42 Å². The average Bonchev–Trinajstić information content (AvgIpc) is 1.91. The first kappa shape index (κ1) is 9.66. The number of methoxy groups -OCH3 is 2. The Labute approximate surface area is 62.8 Å². The molecule has 1 atom stereocenters. The summed E-state index contributed by atoms with van der Waals surface area (Å²) < 4.78 is 10.1. The van der Waals surface area contributed by atoms with Crippen LogP contribution in [-0.4, -0.2) is 20.5 Å². The molecule has 0 heterocycles. The van der Waals surface area contributed by atoms with Gasteiger partial charge in [0.25, 0.3) is 0 Å². The molecule has 0 aliphatic rings.